The number of hydrogen-bond acceptors (Lipinski definition) is 5. The van der Waals surface area contributed by atoms with E-state index in [-0.39, 0.29) is 18.7 Å². The second-order valence-electron chi connectivity index (χ2n) is 5.11. The monoisotopic (exact) mass is 289 g/mol. The minimum absolute atomic E-state index is 0.0531. The molecule has 0 radical (unpaired) electrons. The molecule has 2 aliphatic rings. The molecule has 0 spiro atoms. The van der Waals surface area contributed by atoms with Gasteiger partial charge < -0.3 is 20.5 Å². The molecule has 1 aromatic rings. The minimum Gasteiger partial charge on any atom is -0.454 e. The topological polar surface area (TPSA) is 76.8 Å². The summed E-state index contributed by atoms with van der Waals surface area (Å²) in [5.74, 6) is 1.31. The normalized spacial score (nSPS) is 20.5. The van der Waals surface area contributed by atoms with Gasteiger partial charge in [-0.25, -0.2) is 0 Å². The molecule has 0 saturated heterocycles. The molecular formula is C15H19N3O3. The van der Waals surface area contributed by atoms with Crippen molar-refractivity contribution in [2.24, 2.45) is 5.73 Å². The van der Waals surface area contributed by atoms with Gasteiger partial charge >= 0.3 is 0 Å². The molecule has 0 bridgehead atoms. The Morgan fingerprint density at radius 2 is 2.24 bits per heavy atom. The molecule has 112 valence electrons. The SMILES string of the molecule is NCC1C=CCCN1CC(=O)Nc1ccc2c(c1)OCO2. The average Bonchev–Trinajstić information content (AvgIpc) is 2.95. The summed E-state index contributed by atoms with van der Waals surface area (Å²) in [7, 11) is 0. The van der Waals surface area contributed by atoms with Crippen LogP contribution in [0.2, 0.25) is 0 Å². The third-order valence-corrected chi connectivity index (χ3v) is 3.65. The number of anilines is 1. The molecule has 6 nitrogen and oxygen atoms in total. The highest BCUT2D eigenvalue weighted by atomic mass is 16.7. The number of nitrogens with two attached hydrogens (primary N) is 1. The summed E-state index contributed by atoms with van der Waals surface area (Å²) in [5.41, 5.74) is 6.44. The number of fused-ring (bicyclic) bond motifs is 1. The Morgan fingerprint density at radius 3 is 3.10 bits per heavy atom. The molecule has 1 unspecified atom stereocenters. The van der Waals surface area contributed by atoms with E-state index in [9.17, 15) is 4.79 Å². The van der Waals surface area contributed by atoms with Crippen molar-refractivity contribution >= 4 is 11.6 Å². The van der Waals surface area contributed by atoms with E-state index in [1.807, 2.05) is 6.07 Å². The lowest BCUT2D eigenvalue weighted by Crippen LogP contribution is -2.45. The first-order chi connectivity index (χ1) is 10.3. The molecule has 6 heteroatoms. The number of nitrogens with zero attached hydrogens (tertiary/aromatic N) is 1. The first-order valence-corrected chi connectivity index (χ1v) is 7.06. The zero-order valence-corrected chi connectivity index (χ0v) is 11.7. The van der Waals surface area contributed by atoms with Crippen molar-refractivity contribution in [1.29, 1.82) is 0 Å². The third kappa shape index (κ3) is 3.17. The first kappa shape index (κ1) is 13.9. The van der Waals surface area contributed by atoms with Crippen molar-refractivity contribution in [3.63, 3.8) is 0 Å². The van der Waals surface area contributed by atoms with Gasteiger partial charge in [0.05, 0.1) is 6.54 Å². The van der Waals surface area contributed by atoms with Gasteiger partial charge in [-0.15, -0.1) is 0 Å². The second-order valence-corrected chi connectivity index (χ2v) is 5.11. The van der Waals surface area contributed by atoms with Gasteiger partial charge in [0, 0.05) is 30.9 Å². The van der Waals surface area contributed by atoms with Gasteiger partial charge in [-0.05, 0) is 18.6 Å². The molecule has 0 fully saturated rings. The highest BCUT2D eigenvalue weighted by molar-refractivity contribution is 5.92. The lowest BCUT2D eigenvalue weighted by Gasteiger charge is -2.30. The predicted octanol–water partition coefficient (Wildman–Crippen LogP) is 0.943. The molecule has 0 aromatic heterocycles. The van der Waals surface area contributed by atoms with E-state index in [4.69, 9.17) is 15.2 Å². The number of amides is 1. The summed E-state index contributed by atoms with van der Waals surface area (Å²) in [6, 6.07) is 5.52. The van der Waals surface area contributed by atoms with Crippen molar-refractivity contribution in [2.75, 3.05) is 31.7 Å². The summed E-state index contributed by atoms with van der Waals surface area (Å²) in [4.78, 5) is 14.2. The van der Waals surface area contributed by atoms with E-state index >= 15 is 0 Å². The molecule has 2 aliphatic heterocycles. The van der Waals surface area contributed by atoms with Gasteiger partial charge in [-0.1, -0.05) is 12.2 Å². The number of carbonyl (C=O) groups excluding carboxylic acids is 1. The first-order valence-electron chi connectivity index (χ1n) is 7.06. The van der Waals surface area contributed by atoms with Crippen LogP contribution in [0.25, 0.3) is 0 Å². The molecule has 2 heterocycles. The summed E-state index contributed by atoms with van der Waals surface area (Å²) in [5, 5.41) is 2.88. The molecule has 1 aromatic carbocycles. The lowest BCUT2D eigenvalue weighted by molar-refractivity contribution is -0.117. The highest BCUT2D eigenvalue weighted by Crippen LogP contribution is 2.34. The third-order valence-electron chi connectivity index (χ3n) is 3.65. The van der Waals surface area contributed by atoms with Crippen LogP contribution in [0.5, 0.6) is 11.5 Å². The van der Waals surface area contributed by atoms with Crippen LogP contribution in [0.4, 0.5) is 5.69 Å². The largest absolute Gasteiger partial charge is 0.454 e. The summed E-state index contributed by atoms with van der Waals surface area (Å²) < 4.78 is 10.5. The Labute approximate surface area is 123 Å². The molecule has 0 saturated carbocycles. The van der Waals surface area contributed by atoms with E-state index in [0.717, 1.165) is 13.0 Å². The fourth-order valence-electron chi connectivity index (χ4n) is 2.56. The predicted molar refractivity (Wildman–Crippen MR) is 79.4 cm³/mol. The van der Waals surface area contributed by atoms with Crippen LogP contribution < -0.4 is 20.5 Å². The standard InChI is InChI=1S/C15H19N3O3/c16-8-12-3-1-2-6-18(12)9-15(19)17-11-4-5-13-14(7-11)21-10-20-13/h1,3-5,7,12H,2,6,8-10,16H2,(H,17,19). The zero-order valence-electron chi connectivity index (χ0n) is 11.7. The van der Waals surface area contributed by atoms with Gasteiger partial charge in [0.2, 0.25) is 12.7 Å². The maximum absolute atomic E-state index is 12.2. The molecular weight excluding hydrogens is 270 g/mol. The van der Waals surface area contributed by atoms with Gasteiger partial charge in [0.25, 0.3) is 0 Å². The van der Waals surface area contributed by atoms with Crippen LogP contribution in [0.15, 0.2) is 30.4 Å². The van der Waals surface area contributed by atoms with Crippen LogP contribution in [0.3, 0.4) is 0 Å². The van der Waals surface area contributed by atoms with E-state index in [1.54, 1.807) is 12.1 Å². The molecule has 1 atom stereocenters. The average molecular weight is 289 g/mol. The molecule has 3 N–H and O–H groups in total. The lowest BCUT2D eigenvalue weighted by atomic mass is 10.1. The van der Waals surface area contributed by atoms with Crippen LogP contribution in [-0.2, 0) is 4.79 Å². The number of carbonyl (C=O) groups is 1. The quantitative estimate of drug-likeness (QED) is 0.807. The van der Waals surface area contributed by atoms with E-state index in [0.29, 0.717) is 30.3 Å². The Bertz CT molecular complexity index is 559. The van der Waals surface area contributed by atoms with Gasteiger partial charge in [-0.2, -0.15) is 0 Å². The van der Waals surface area contributed by atoms with E-state index < -0.39 is 0 Å². The Kier molecular flexibility index (Phi) is 4.08. The van der Waals surface area contributed by atoms with Crippen molar-refractivity contribution in [3.05, 3.63) is 30.4 Å². The second kappa shape index (κ2) is 6.15. The van der Waals surface area contributed by atoms with Crippen LogP contribution >= 0.6 is 0 Å². The summed E-state index contributed by atoms with van der Waals surface area (Å²) in [6.07, 6.45) is 5.13. The molecule has 0 aliphatic carbocycles. The number of ether oxygens (including phenoxy) is 2. The molecule has 3 rings (SSSR count). The maximum atomic E-state index is 12.2. The Hall–Kier alpha value is -2.05. The summed E-state index contributed by atoms with van der Waals surface area (Å²) >= 11 is 0. The Morgan fingerprint density at radius 1 is 1.38 bits per heavy atom. The van der Waals surface area contributed by atoms with Crippen molar-refractivity contribution < 1.29 is 14.3 Å². The number of nitrogens with one attached hydrogen (secondary N) is 1. The highest BCUT2D eigenvalue weighted by Gasteiger charge is 2.20. The Balaban J connectivity index is 1.60. The maximum Gasteiger partial charge on any atom is 0.238 e. The number of hydrogen-bond donors (Lipinski definition) is 2. The molecule has 1 amide bonds. The number of benzene rings is 1. The van der Waals surface area contributed by atoms with E-state index in [1.165, 1.54) is 0 Å². The fraction of sp³-hybridized carbons (Fsp3) is 0.400. The van der Waals surface area contributed by atoms with Crippen LogP contribution in [-0.4, -0.2) is 43.3 Å². The smallest absolute Gasteiger partial charge is 0.238 e. The summed E-state index contributed by atoms with van der Waals surface area (Å²) in [6.45, 7) is 1.94. The van der Waals surface area contributed by atoms with Gasteiger partial charge in [0.15, 0.2) is 11.5 Å². The minimum atomic E-state index is -0.0531. The number of rotatable bonds is 4. The van der Waals surface area contributed by atoms with Crippen molar-refractivity contribution in [2.45, 2.75) is 12.5 Å². The zero-order chi connectivity index (χ0) is 14.7. The van der Waals surface area contributed by atoms with E-state index in [2.05, 4.69) is 22.4 Å². The van der Waals surface area contributed by atoms with Gasteiger partial charge in [-0.3, -0.25) is 9.69 Å². The van der Waals surface area contributed by atoms with Crippen molar-refractivity contribution in [1.82, 2.24) is 4.90 Å². The molecule has 21 heavy (non-hydrogen) atoms. The van der Waals surface area contributed by atoms with Crippen LogP contribution in [0.1, 0.15) is 6.42 Å². The van der Waals surface area contributed by atoms with Gasteiger partial charge in [0.1, 0.15) is 0 Å². The fourth-order valence-corrected chi connectivity index (χ4v) is 2.56. The van der Waals surface area contributed by atoms with Crippen LogP contribution in [0, 0.1) is 0 Å². The van der Waals surface area contributed by atoms with Crippen molar-refractivity contribution in [3.8, 4) is 11.5 Å².